The molecule has 1 saturated heterocycles. The van der Waals surface area contributed by atoms with Crippen molar-refractivity contribution >= 4 is 36.0 Å². The van der Waals surface area contributed by atoms with E-state index in [1.165, 1.54) is 0 Å². The molecule has 1 rings (SSSR count). The number of carbonyl (C=O) groups excluding carboxylic acids is 1. The van der Waals surface area contributed by atoms with Crippen molar-refractivity contribution in [2.45, 2.75) is 46.1 Å². The van der Waals surface area contributed by atoms with Crippen LogP contribution < -0.4 is 10.6 Å². The fourth-order valence-corrected chi connectivity index (χ4v) is 2.51. The molecule has 0 radical (unpaired) electrons. The standard InChI is InChI=1S/C17H34N4O3.HI/c1-5-24-17(22)21-10-7-15(8-11-21)20-16(18-4)19-9-6-12-23-13-14(2)3;/h14-15H,5-13H2,1-4H3,(H2,18,19,20);1H. The highest BCUT2D eigenvalue weighted by Gasteiger charge is 2.23. The van der Waals surface area contributed by atoms with Gasteiger partial charge in [0.2, 0.25) is 0 Å². The maximum Gasteiger partial charge on any atom is 0.409 e. The van der Waals surface area contributed by atoms with Gasteiger partial charge in [0, 0.05) is 45.9 Å². The van der Waals surface area contributed by atoms with Gasteiger partial charge in [-0.2, -0.15) is 0 Å². The summed E-state index contributed by atoms with van der Waals surface area (Å²) in [6.07, 6.45) is 2.54. The number of aliphatic imine (C=N–C) groups is 1. The Morgan fingerprint density at radius 3 is 2.56 bits per heavy atom. The lowest BCUT2D eigenvalue weighted by Crippen LogP contribution is -2.50. The van der Waals surface area contributed by atoms with E-state index in [9.17, 15) is 4.79 Å². The topological polar surface area (TPSA) is 75.2 Å². The first-order valence-electron chi connectivity index (χ1n) is 9.03. The molecule has 0 aromatic carbocycles. The number of piperidine rings is 1. The van der Waals surface area contributed by atoms with E-state index in [4.69, 9.17) is 9.47 Å². The van der Waals surface area contributed by atoms with Crippen molar-refractivity contribution in [2.75, 3.05) is 46.5 Å². The number of nitrogens with zero attached hydrogens (tertiary/aromatic N) is 2. The zero-order valence-corrected chi connectivity index (χ0v) is 18.4. The molecule has 0 aromatic heterocycles. The average Bonchev–Trinajstić information content (AvgIpc) is 2.57. The Balaban J connectivity index is 0.00000576. The molecule has 1 heterocycles. The van der Waals surface area contributed by atoms with Gasteiger partial charge in [0.05, 0.1) is 6.61 Å². The Morgan fingerprint density at radius 1 is 1.32 bits per heavy atom. The molecule has 0 spiro atoms. The summed E-state index contributed by atoms with van der Waals surface area (Å²) in [6.45, 7) is 10.4. The second kappa shape index (κ2) is 14.4. The lowest BCUT2D eigenvalue weighted by molar-refractivity contribution is 0.0963. The quantitative estimate of drug-likeness (QED) is 0.247. The van der Waals surface area contributed by atoms with Crippen LogP contribution >= 0.6 is 24.0 Å². The normalized spacial score (nSPS) is 15.7. The third kappa shape index (κ3) is 10.7. The summed E-state index contributed by atoms with van der Waals surface area (Å²) < 4.78 is 10.6. The van der Waals surface area contributed by atoms with Crippen molar-refractivity contribution in [3.63, 3.8) is 0 Å². The van der Waals surface area contributed by atoms with Crippen LogP contribution in [-0.4, -0.2) is 69.5 Å². The minimum atomic E-state index is -0.208. The van der Waals surface area contributed by atoms with E-state index >= 15 is 0 Å². The second-order valence-electron chi connectivity index (χ2n) is 6.43. The summed E-state index contributed by atoms with van der Waals surface area (Å²) in [4.78, 5) is 17.7. The fourth-order valence-electron chi connectivity index (χ4n) is 2.51. The monoisotopic (exact) mass is 470 g/mol. The number of amides is 1. The SMILES string of the molecule is CCOC(=O)N1CCC(NC(=NC)NCCCOCC(C)C)CC1.I. The molecule has 0 saturated carbocycles. The average molecular weight is 470 g/mol. The van der Waals surface area contributed by atoms with Gasteiger partial charge in [-0.15, -0.1) is 24.0 Å². The molecule has 8 heteroatoms. The Morgan fingerprint density at radius 2 is 2.00 bits per heavy atom. The first-order chi connectivity index (χ1) is 11.6. The summed E-state index contributed by atoms with van der Waals surface area (Å²) in [5, 5.41) is 6.74. The molecule has 0 aliphatic carbocycles. The molecule has 2 N–H and O–H groups in total. The third-order valence-corrected chi connectivity index (χ3v) is 3.79. The lowest BCUT2D eigenvalue weighted by atomic mass is 10.1. The van der Waals surface area contributed by atoms with Crippen LogP contribution in [0.5, 0.6) is 0 Å². The molecule has 0 unspecified atom stereocenters. The number of nitrogens with one attached hydrogen (secondary N) is 2. The van der Waals surface area contributed by atoms with Crippen molar-refractivity contribution in [3.8, 4) is 0 Å². The fraction of sp³-hybridized carbons (Fsp3) is 0.882. The first kappa shape index (κ1) is 24.2. The van der Waals surface area contributed by atoms with E-state index in [0.29, 0.717) is 18.6 Å². The largest absolute Gasteiger partial charge is 0.450 e. The zero-order valence-electron chi connectivity index (χ0n) is 16.0. The number of rotatable bonds is 8. The molecule has 1 aliphatic rings. The summed E-state index contributed by atoms with van der Waals surface area (Å²) in [5.74, 6) is 1.39. The predicted molar refractivity (Wildman–Crippen MR) is 112 cm³/mol. The minimum absolute atomic E-state index is 0. The van der Waals surface area contributed by atoms with Crippen LogP contribution in [0.15, 0.2) is 4.99 Å². The van der Waals surface area contributed by atoms with Gasteiger partial charge < -0.3 is 25.0 Å². The number of hydrogen-bond donors (Lipinski definition) is 2. The maximum absolute atomic E-state index is 11.7. The molecule has 1 aliphatic heterocycles. The van der Waals surface area contributed by atoms with E-state index < -0.39 is 0 Å². The van der Waals surface area contributed by atoms with Crippen LogP contribution in [-0.2, 0) is 9.47 Å². The molecule has 0 atom stereocenters. The molecular weight excluding hydrogens is 435 g/mol. The van der Waals surface area contributed by atoms with Crippen molar-refractivity contribution in [1.82, 2.24) is 15.5 Å². The molecule has 1 fully saturated rings. The Kier molecular flexibility index (Phi) is 14.0. The van der Waals surface area contributed by atoms with E-state index in [2.05, 4.69) is 29.5 Å². The number of likely N-dealkylation sites (tertiary alicyclic amines) is 1. The summed E-state index contributed by atoms with van der Waals surface area (Å²) in [7, 11) is 1.78. The van der Waals surface area contributed by atoms with Crippen molar-refractivity contribution < 1.29 is 14.3 Å². The number of ether oxygens (including phenoxy) is 2. The van der Waals surface area contributed by atoms with Gasteiger partial charge >= 0.3 is 6.09 Å². The van der Waals surface area contributed by atoms with Crippen LogP contribution in [0.3, 0.4) is 0 Å². The third-order valence-electron chi connectivity index (χ3n) is 3.79. The van der Waals surface area contributed by atoms with E-state index in [1.807, 2.05) is 6.92 Å². The zero-order chi connectivity index (χ0) is 17.8. The van der Waals surface area contributed by atoms with Crippen LogP contribution in [0.4, 0.5) is 4.79 Å². The van der Waals surface area contributed by atoms with Gasteiger partial charge in [0.15, 0.2) is 5.96 Å². The van der Waals surface area contributed by atoms with Gasteiger partial charge in [0.1, 0.15) is 0 Å². The highest BCUT2D eigenvalue weighted by atomic mass is 127. The van der Waals surface area contributed by atoms with Crippen LogP contribution in [0.2, 0.25) is 0 Å². The molecule has 7 nitrogen and oxygen atoms in total. The lowest BCUT2D eigenvalue weighted by Gasteiger charge is -2.32. The Hall–Kier alpha value is -0.770. The van der Waals surface area contributed by atoms with E-state index in [1.54, 1.807) is 11.9 Å². The maximum atomic E-state index is 11.7. The second-order valence-corrected chi connectivity index (χ2v) is 6.43. The Labute approximate surface area is 169 Å². The molecular formula is C17H35IN4O3. The summed E-state index contributed by atoms with van der Waals surface area (Å²) in [6, 6.07) is 0.332. The van der Waals surface area contributed by atoms with Crippen molar-refractivity contribution in [3.05, 3.63) is 0 Å². The van der Waals surface area contributed by atoms with Crippen molar-refractivity contribution in [2.24, 2.45) is 10.9 Å². The van der Waals surface area contributed by atoms with E-state index in [0.717, 1.165) is 58.1 Å². The predicted octanol–water partition coefficient (Wildman–Crippen LogP) is 2.45. The van der Waals surface area contributed by atoms with Crippen molar-refractivity contribution in [1.29, 1.82) is 0 Å². The molecule has 1 amide bonds. The van der Waals surface area contributed by atoms with Crippen LogP contribution in [0.1, 0.15) is 40.0 Å². The number of halogens is 1. The molecule has 0 bridgehead atoms. The van der Waals surface area contributed by atoms with Gasteiger partial charge in [-0.25, -0.2) is 4.79 Å². The van der Waals surface area contributed by atoms with E-state index in [-0.39, 0.29) is 30.1 Å². The number of carbonyl (C=O) groups is 1. The number of hydrogen-bond acceptors (Lipinski definition) is 4. The minimum Gasteiger partial charge on any atom is -0.450 e. The van der Waals surface area contributed by atoms with Crippen LogP contribution in [0.25, 0.3) is 0 Å². The molecule has 0 aromatic rings. The first-order valence-corrected chi connectivity index (χ1v) is 9.03. The Bertz CT molecular complexity index is 386. The van der Waals surface area contributed by atoms with Gasteiger partial charge in [-0.05, 0) is 32.1 Å². The van der Waals surface area contributed by atoms with Gasteiger partial charge in [0.25, 0.3) is 0 Å². The van der Waals surface area contributed by atoms with Gasteiger partial charge in [-0.1, -0.05) is 13.8 Å². The van der Waals surface area contributed by atoms with Gasteiger partial charge in [-0.3, -0.25) is 4.99 Å². The molecule has 148 valence electrons. The summed E-state index contributed by atoms with van der Waals surface area (Å²) in [5.41, 5.74) is 0. The highest BCUT2D eigenvalue weighted by Crippen LogP contribution is 2.11. The van der Waals surface area contributed by atoms with Crippen LogP contribution in [0, 0.1) is 5.92 Å². The smallest absolute Gasteiger partial charge is 0.409 e. The molecule has 25 heavy (non-hydrogen) atoms. The highest BCUT2D eigenvalue weighted by molar-refractivity contribution is 14.0. The summed E-state index contributed by atoms with van der Waals surface area (Å²) >= 11 is 0. The number of guanidine groups is 1.